The summed E-state index contributed by atoms with van der Waals surface area (Å²) in [6.07, 6.45) is 0. The zero-order valence-electron chi connectivity index (χ0n) is 17.5. The Kier molecular flexibility index (Phi) is 8.30. The fraction of sp³-hybridized carbons (Fsp3) is 0.200. The van der Waals surface area contributed by atoms with Gasteiger partial charge in [-0.1, -0.05) is 52.4 Å². The number of hydrogen-bond acceptors (Lipinski definition) is 9. The van der Waals surface area contributed by atoms with Gasteiger partial charge in [-0.3, -0.25) is 19.2 Å². The van der Waals surface area contributed by atoms with Gasteiger partial charge < -0.3 is 4.74 Å². The number of methoxy groups -OCH3 is 1. The van der Waals surface area contributed by atoms with Gasteiger partial charge in [-0.2, -0.15) is 0 Å². The van der Waals surface area contributed by atoms with Crippen LogP contribution in [-0.2, 0) is 24.3 Å². The number of anilines is 2. The van der Waals surface area contributed by atoms with E-state index in [0.29, 0.717) is 15.0 Å². The molecule has 0 saturated heterocycles. The summed E-state index contributed by atoms with van der Waals surface area (Å²) in [5, 5.41) is 10.9. The van der Waals surface area contributed by atoms with Crippen LogP contribution in [0, 0.1) is 6.92 Å². The Bertz CT molecular complexity index is 1230. The number of carbonyl (C=O) groups is 2. The number of nitrogens with one attached hydrogen (secondary N) is 1. The monoisotopic (exact) mass is 526 g/mol. The Balaban J connectivity index is 1.80. The SMILES string of the molecule is COC(=O)CSc1nnc(NC(=O)CN(c2ccc(C)cc2)S(=O)(=O)c2ccc(Cl)cc2)s1. The molecule has 0 radical (unpaired) electrons. The Morgan fingerprint density at radius 1 is 1.12 bits per heavy atom. The highest BCUT2D eigenvalue weighted by Crippen LogP contribution is 2.27. The topological polar surface area (TPSA) is 119 Å². The van der Waals surface area contributed by atoms with E-state index < -0.39 is 28.4 Å². The molecule has 0 spiro atoms. The molecule has 0 saturated carbocycles. The normalized spacial score (nSPS) is 11.1. The van der Waals surface area contributed by atoms with Crippen molar-refractivity contribution < 1.29 is 22.7 Å². The van der Waals surface area contributed by atoms with Crippen LogP contribution in [0.4, 0.5) is 10.8 Å². The highest BCUT2D eigenvalue weighted by atomic mass is 35.5. The molecule has 0 aliphatic carbocycles. The average molecular weight is 527 g/mol. The van der Waals surface area contributed by atoms with E-state index in [0.717, 1.165) is 33.0 Å². The van der Waals surface area contributed by atoms with Crippen LogP contribution < -0.4 is 9.62 Å². The number of carbonyl (C=O) groups excluding carboxylic acids is 2. The summed E-state index contributed by atoms with van der Waals surface area (Å²) >= 11 is 8.07. The number of aryl methyl sites for hydroxylation is 1. The van der Waals surface area contributed by atoms with Crippen molar-refractivity contribution in [3.63, 3.8) is 0 Å². The first kappa shape index (κ1) is 25.0. The lowest BCUT2D eigenvalue weighted by molar-refractivity contribution is -0.137. The molecule has 1 N–H and O–H groups in total. The Hall–Kier alpha value is -2.67. The van der Waals surface area contributed by atoms with Crippen molar-refractivity contribution in [3.05, 3.63) is 59.1 Å². The first-order valence-corrected chi connectivity index (χ1v) is 13.0. The van der Waals surface area contributed by atoms with Gasteiger partial charge in [0.1, 0.15) is 6.54 Å². The van der Waals surface area contributed by atoms with Crippen LogP contribution in [0.3, 0.4) is 0 Å². The lowest BCUT2D eigenvalue weighted by Crippen LogP contribution is -2.38. The van der Waals surface area contributed by atoms with Gasteiger partial charge in [0, 0.05) is 5.02 Å². The molecule has 13 heteroatoms. The van der Waals surface area contributed by atoms with Crippen LogP contribution >= 0.6 is 34.7 Å². The van der Waals surface area contributed by atoms with Crippen molar-refractivity contribution in [1.82, 2.24) is 10.2 Å². The van der Waals surface area contributed by atoms with E-state index in [9.17, 15) is 18.0 Å². The number of aromatic nitrogens is 2. The number of hydrogen-bond donors (Lipinski definition) is 1. The summed E-state index contributed by atoms with van der Waals surface area (Å²) < 4.78 is 32.7. The molecule has 0 aliphatic rings. The van der Waals surface area contributed by atoms with Crippen molar-refractivity contribution >= 4 is 67.4 Å². The molecule has 9 nitrogen and oxygen atoms in total. The molecule has 174 valence electrons. The highest BCUT2D eigenvalue weighted by Gasteiger charge is 2.27. The van der Waals surface area contributed by atoms with E-state index in [1.165, 1.54) is 31.4 Å². The van der Waals surface area contributed by atoms with Gasteiger partial charge in [0.25, 0.3) is 10.0 Å². The molecule has 2 aromatic carbocycles. The molecule has 1 heterocycles. The minimum absolute atomic E-state index is 0.00214. The van der Waals surface area contributed by atoms with E-state index in [1.54, 1.807) is 24.3 Å². The lowest BCUT2D eigenvalue weighted by atomic mass is 10.2. The Morgan fingerprint density at radius 3 is 2.42 bits per heavy atom. The largest absolute Gasteiger partial charge is 0.468 e. The molecule has 3 rings (SSSR count). The van der Waals surface area contributed by atoms with Crippen molar-refractivity contribution in [2.45, 2.75) is 16.2 Å². The third-order valence-corrected chi connectivity index (χ3v) is 8.19. The zero-order chi connectivity index (χ0) is 24.0. The smallest absolute Gasteiger partial charge is 0.316 e. The van der Waals surface area contributed by atoms with Crippen molar-refractivity contribution in [3.8, 4) is 0 Å². The molecule has 33 heavy (non-hydrogen) atoms. The molecule has 1 amide bonds. The maximum atomic E-state index is 13.3. The predicted molar refractivity (Wildman–Crippen MR) is 128 cm³/mol. The second-order valence-electron chi connectivity index (χ2n) is 6.59. The van der Waals surface area contributed by atoms with E-state index >= 15 is 0 Å². The predicted octanol–water partition coefficient (Wildman–Crippen LogP) is 3.60. The van der Waals surface area contributed by atoms with E-state index in [4.69, 9.17) is 11.6 Å². The van der Waals surface area contributed by atoms with Gasteiger partial charge >= 0.3 is 5.97 Å². The first-order valence-electron chi connectivity index (χ1n) is 9.37. The number of nitrogens with zero attached hydrogens (tertiary/aromatic N) is 3. The van der Waals surface area contributed by atoms with Crippen LogP contribution in [0.25, 0.3) is 0 Å². The second-order valence-corrected chi connectivity index (χ2v) is 11.1. The standard InChI is InChI=1S/C20H19ClN4O5S3/c1-13-3-7-15(8-4-13)25(33(28,29)16-9-5-14(21)6-10-16)11-17(26)22-19-23-24-20(32-19)31-12-18(27)30-2/h3-10H,11-12H2,1-2H3,(H,22,23,26). The Morgan fingerprint density at radius 2 is 1.79 bits per heavy atom. The summed E-state index contributed by atoms with van der Waals surface area (Å²) in [7, 11) is -2.78. The second kappa shape index (κ2) is 11.0. The van der Waals surface area contributed by atoms with Crippen molar-refractivity contribution in [2.75, 3.05) is 29.0 Å². The van der Waals surface area contributed by atoms with E-state index in [2.05, 4.69) is 20.3 Å². The van der Waals surface area contributed by atoms with Crippen LogP contribution in [0.5, 0.6) is 0 Å². The number of esters is 1. The number of sulfonamides is 1. The van der Waals surface area contributed by atoms with Gasteiger partial charge in [-0.25, -0.2) is 8.42 Å². The number of amides is 1. The van der Waals surface area contributed by atoms with Crippen LogP contribution in [-0.4, -0.2) is 49.9 Å². The van der Waals surface area contributed by atoms with Crippen LogP contribution in [0.2, 0.25) is 5.02 Å². The minimum Gasteiger partial charge on any atom is -0.468 e. The quantitative estimate of drug-likeness (QED) is 0.255. The summed E-state index contributed by atoms with van der Waals surface area (Å²) in [5.74, 6) is -0.963. The molecular formula is C20H19ClN4O5S3. The molecular weight excluding hydrogens is 508 g/mol. The summed E-state index contributed by atoms with van der Waals surface area (Å²) in [4.78, 5) is 24.0. The lowest BCUT2D eigenvalue weighted by Gasteiger charge is -2.24. The first-order chi connectivity index (χ1) is 15.7. The molecule has 0 atom stereocenters. The fourth-order valence-corrected chi connectivity index (χ4v) is 5.69. The minimum atomic E-state index is -4.06. The number of ether oxygens (including phenoxy) is 1. The number of benzene rings is 2. The van der Waals surface area contributed by atoms with E-state index in [1.807, 2.05) is 6.92 Å². The number of thioether (sulfide) groups is 1. The molecule has 0 aliphatic heterocycles. The highest BCUT2D eigenvalue weighted by molar-refractivity contribution is 8.01. The maximum Gasteiger partial charge on any atom is 0.316 e. The maximum absolute atomic E-state index is 13.3. The van der Waals surface area contributed by atoms with Crippen LogP contribution in [0.1, 0.15) is 5.56 Å². The number of rotatable bonds is 9. The molecule has 0 unspecified atom stereocenters. The third kappa shape index (κ3) is 6.67. The molecule has 0 fully saturated rings. The van der Waals surface area contributed by atoms with Gasteiger partial charge in [0.2, 0.25) is 11.0 Å². The number of halogens is 1. The molecule has 3 aromatic rings. The fourth-order valence-electron chi connectivity index (χ4n) is 2.55. The van der Waals surface area contributed by atoms with Gasteiger partial charge in [0.15, 0.2) is 4.34 Å². The summed E-state index contributed by atoms with van der Waals surface area (Å²) in [6.45, 7) is 1.39. The van der Waals surface area contributed by atoms with Gasteiger partial charge in [-0.05, 0) is 43.3 Å². The van der Waals surface area contributed by atoms with Crippen molar-refractivity contribution in [2.24, 2.45) is 0 Å². The van der Waals surface area contributed by atoms with Crippen molar-refractivity contribution in [1.29, 1.82) is 0 Å². The third-order valence-electron chi connectivity index (χ3n) is 4.20. The summed E-state index contributed by atoms with van der Waals surface area (Å²) in [6, 6.07) is 12.5. The molecule has 1 aromatic heterocycles. The van der Waals surface area contributed by atoms with Gasteiger partial charge in [-0.15, -0.1) is 10.2 Å². The zero-order valence-corrected chi connectivity index (χ0v) is 20.7. The average Bonchev–Trinajstić information content (AvgIpc) is 3.24. The van der Waals surface area contributed by atoms with E-state index in [-0.39, 0.29) is 15.8 Å². The Labute approximate surface area is 204 Å². The van der Waals surface area contributed by atoms with Gasteiger partial charge in [0.05, 0.1) is 23.4 Å². The molecule has 0 bridgehead atoms. The summed E-state index contributed by atoms with van der Waals surface area (Å²) in [5.41, 5.74) is 1.27. The van der Waals surface area contributed by atoms with Crippen LogP contribution in [0.15, 0.2) is 57.8 Å².